The van der Waals surface area contributed by atoms with E-state index in [2.05, 4.69) is 4.98 Å². The largest absolute Gasteiger partial charge is 0.496 e. The molecule has 1 aromatic heterocycles. The zero-order valence-corrected chi connectivity index (χ0v) is 16.4. The Morgan fingerprint density at radius 2 is 2.19 bits per heavy atom. The van der Waals surface area contributed by atoms with Gasteiger partial charge in [0.15, 0.2) is 0 Å². The van der Waals surface area contributed by atoms with Crippen LogP contribution in [0.15, 0.2) is 28.7 Å². The molecule has 6 nitrogen and oxygen atoms in total. The number of aromatic nitrogens is 1. The number of methoxy groups -OCH3 is 1. The van der Waals surface area contributed by atoms with Gasteiger partial charge in [0, 0.05) is 19.7 Å². The number of para-hydroxylation sites is 1. The number of piperidine rings is 1. The molecule has 1 aliphatic heterocycles. The van der Waals surface area contributed by atoms with E-state index in [1.54, 1.807) is 7.11 Å². The maximum absolute atomic E-state index is 12.8. The highest BCUT2D eigenvalue weighted by atomic mass is 16.5. The van der Waals surface area contributed by atoms with Crippen molar-refractivity contribution in [1.29, 1.82) is 0 Å². The van der Waals surface area contributed by atoms with Gasteiger partial charge in [-0.3, -0.25) is 4.79 Å². The van der Waals surface area contributed by atoms with E-state index in [0.29, 0.717) is 35.6 Å². The maximum atomic E-state index is 12.8. The average molecular weight is 372 g/mol. The van der Waals surface area contributed by atoms with Gasteiger partial charge in [0.1, 0.15) is 11.5 Å². The van der Waals surface area contributed by atoms with E-state index in [1.807, 2.05) is 43.0 Å². The normalized spacial score (nSPS) is 17.1. The molecule has 1 aromatic carbocycles. The summed E-state index contributed by atoms with van der Waals surface area (Å²) in [6.45, 7) is 6.85. The molecular formula is C21H28N2O4. The molecule has 27 heavy (non-hydrogen) atoms. The second-order valence-electron chi connectivity index (χ2n) is 6.91. The van der Waals surface area contributed by atoms with Crippen molar-refractivity contribution in [2.75, 3.05) is 33.4 Å². The van der Waals surface area contributed by atoms with Gasteiger partial charge in [-0.15, -0.1) is 0 Å². The van der Waals surface area contributed by atoms with Crippen molar-refractivity contribution < 1.29 is 18.7 Å². The first-order valence-electron chi connectivity index (χ1n) is 9.57. The van der Waals surface area contributed by atoms with E-state index in [0.717, 1.165) is 38.1 Å². The topological polar surface area (TPSA) is 64.8 Å². The Balaban J connectivity index is 1.69. The third-order valence-electron chi connectivity index (χ3n) is 4.98. The summed E-state index contributed by atoms with van der Waals surface area (Å²) in [5.74, 6) is 2.38. The second-order valence-corrected chi connectivity index (χ2v) is 6.91. The van der Waals surface area contributed by atoms with Crippen LogP contribution in [0.4, 0.5) is 0 Å². The minimum Gasteiger partial charge on any atom is -0.496 e. The number of aryl methyl sites for hydroxylation is 1. The average Bonchev–Trinajstić information content (AvgIpc) is 3.06. The number of nitrogens with zero attached hydrogens (tertiary/aromatic N) is 2. The lowest BCUT2D eigenvalue weighted by atomic mass is 9.98. The minimum atomic E-state index is 0.0965. The molecule has 1 atom stereocenters. The van der Waals surface area contributed by atoms with Crippen LogP contribution in [0.2, 0.25) is 0 Å². The van der Waals surface area contributed by atoms with Gasteiger partial charge >= 0.3 is 0 Å². The summed E-state index contributed by atoms with van der Waals surface area (Å²) in [5.41, 5.74) is 1.48. The molecule has 1 saturated heterocycles. The molecule has 3 rings (SSSR count). The van der Waals surface area contributed by atoms with E-state index >= 15 is 0 Å². The molecule has 0 spiro atoms. The van der Waals surface area contributed by atoms with Crippen molar-refractivity contribution in [1.82, 2.24) is 9.88 Å². The molecule has 0 radical (unpaired) electrons. The molecule has 0 saturated carbocycles. The summed E-state index contributed by atoms with van der Waals surface area (Å²) in [4.78, 5) is 19.3. The van der Waals surface area contributed by atoms with Crippen LogP contribution in [0.5, 0.6) is 5.75 Å². The maximum Gasteiger partial charge on any atom is 0.230 e. The van der Waals surface area contributed by atoms with Gasteiger partial charge in [-0.25, -0.2) is 4.98 Å². The molecule has 0 N–H and O–H groups in total. The number of benzene rings is 1. The summed E-state index contributed by atoms with van der Waals surface area (Å²) in [7, 11) is 1.62. The standard InChI is InChI=1S/C21H28N2O4/c1-4-26-14-16-8-7-11-23(13-16)20(24)12-18-15(2)27-21(22-18)17-9-5-6-10-19(17)25-3/h5-6,9-10,16H,4,7-8,11-14H2,1-3H3. The number of carbonyl (C=O) groups excluding carboxylic acids is 1. The van der Waals surface area contributed by atoms with Crippen LogP contribution >= 0.6 is 0 Å². The van der Waals surface area contributed by atoms with Crippen LogP contribution in [-0.2, 0) is 16.0 Å². The number of hydrogen-bond donors (Lipinski definition) is 0. The van der Waals surface area contributed by atoms with Crippen molar-refractivity contribution in [2.45, 2.75) is 33.1 Å². The molecule has 6 heteroatoms. The fourth-order valence-corrected chi connectivity index (χ4v) is 3.50. The fourth-order valence-electron chi connectivity index (χ4n) is 3.50. The van der Waals surface area contributed by atoms with Crippen LogP contribution in [-0.4, -0.2) is 49.2 Å². The summed E-state index contributed by atoms with van der Waals surface area (Å²) in [6.07, 6.45) is 2.39. The summed E-state index contributed by atoms with van der Waals surface area (Å²) < 4.78 is 16.7. The van der Waals surface area contributed by atoms with Gasteiger partial charge < -0.3 is 18.8 Å². The van der Waals surface area contributed by atoms with Crippen molar-refractivity contribution in [3.8, 4) is 17.2 Å². The molecular weight excluding hydrogens is 344 g/mol. The first-order chi connectivity index (χ1) is 13.1. The van der Waals surface area contributed by atoms with Crippen molar-refractivity contribution >= 4 is 5.91 Å². The Labute approximate surface area is 160 Å². The number of likely N-dealkylation sites (tertiary alicyclic amines) is 1. The minimum absolute atomic E-state index is 0.0965. The summed E-state index contributed by atoms with van der Waals surface area (Å²) in [5, 5.41) is 0. The number of hydrogen-bond acceptors (Lipinski definition) is 5. The lowest BCUT2D eigenvalue weighted by Crippen LogP contribution is -2.42. The van der Waals surface area contributed by atoms with Crippen LogP contribution in [0, 0.1) is 12.8 Å². The zero-order chi connectivity index (χ0) is 19.2. The molecule has 2 aromatic rings. The van der Waals surface area contributed by atoms with Crippen LogP contribution in [0.25, 0.3) is 11.5 Å². The van der Waals surface area contributed by atoms with Gasteiger partial charge in [-0.2, -0.15) is 0 Å². The Kier molecular flexibility index (Phi) is 6.50. The van der Waals surface area contributed by atoms with E-state index < -0.39 is 0 Å². The summed E-state index contributed by atoms with van der Waals surface area (Å²) in [6, 6.07) is 7.58. The third-order valence-corrected chi connectivity index (χ3v) is 4.98. The Hall–Kier alpha value is -2.34. The fraction of sp³-hybridized carbons (Fsp3) is 0.524. The third kappa shape index (κ3) is 4.69. The molecule has 1 unspecified atom stereocenters. The predicted molar refractivity (Wildman–Crippen MR) is 103 cm³/mol. The van der Waals surface area contributed by atoms with Crippen molar-refractivity contribution in [3.63, 3.8) is 0 Å². The van der Waals surface area contributed by atoms with Crippen LogP contribution in [0.1, 0.15) is 31.2 Å². The van der Waals surface area contributed by atoms with Gasteiger partial charge in [0.2, 0.25) is 11.8 Å². The van der Waals surface area contributed by atoms with Gasteiger partial charge in [-0.1, -0.05) is 12.1 Å². The van der Waals surface area contributed by atoms with Gasteiger partial charge in [0.25, 0.3) is 0 Å². The van der Waals surface area contributed by atoms with Gasteiger partial charge in [0.05, 0.1) is 31.4 Å². The van der Waals surface area contributed by atoms with Crippen LogP contribution < -0.4 is 4.74 Å². The SMILES string of the molecule is CCOCC1CCCN(C(=O)Cc2nc(-c3ccccc3OC)oc2C)C1. The number of rotatable bonds is 7. The van der Waals surface area contributed by atoms with E-state index in [4.69, 9.17) is 13.9 Å². The Morgan fingerprint density at radius 1 is 1.37 bits per heavy atom. The number of oxazole rings is 1. The smallest absolute Gasteiger partial charge is 0.230 e. The molecule has 2 heterocycles. The van der Waals surface area contributed by atoms with Crippen molar-refractivity contribution in [3.05, 3.63) is 35.7 Å². The highest BCUT2D eigenvalue weighted by Crippen LogP contribution is 2.30. The first-order valence-corrected chi connectivity index (χ1v) is 9.57. The van der Waals surface area contributed by atoms with E-state index in [1.165, 1.54) is 0 Å². The number of amides is 1. The molecule has 0 aliphatic carbocycles. The zero-order valence-electron chi connectivity index (χ0n) is 16.4. The molecule has 1 amide bonds. The summed E-state index contributed by atoms with van der Waals surface area (Å²) >= 11 is 0. The molecule has 146 valence electrons. The van der Waals surface area contributed by atoms with Gasteiger partial charge in [-0.05, 0) is 44.7 Å². The highest BCUT2D eigenvalue weighted by molar-refractivity contribution is 5.79. The molecule has 1 fully saturated rings. The first kappa shape index (κ1) is 19.4. The lowest BCUT2D eigenvalue weighted by Gasteiger charge is -2.32. The number of carbonyl (C=O) groups is 1. The Morgan fingerprint density at radius 3 is 2.96 bits per heavy atom. The number of ether oxygens (including phenoxy) is 2. The monoisotopic (exact) mass is 372 g/mol. The second kappa shape index (κ2) is 9.04. The van der Waals surface area contributed by atoms with Crippen LogP contribution in [0.3, 0.4) is 0 Å². The lowest BCUT2D eigenvalue weighted by molar-refractivity contribution is -0.132. The molecule has 1 aliphatic rings. The Bertz CT molecular complexity index is 771. The predicted octanol–water partition coefficient (Wildman–Crippen LogP) is 3.48. The van der Waals surface area contributed by atoms with Crippen molar-refractivity contribution in [2.24, 2.45) is 5.92 Å². The molecule has 0 bridgehead atoms. The highest BCUT2D eigenvalue weighted by Gasteiger charge is 2.25. The van der Waals surface area contributed by atoms with E-state index in [9.17, 15) is 4.79 Å². The quantitative estimate of drug-likeness (QED) is 0.744. The van der Waals surface area contributed by atoms with E-state index in [-0.39, 0.29) is 12.3 Å².